The number of sulfone groups is 1. The number of likely N-dealkylation sites (tertiary alicyclic amines) is 1. The van der Waals surface area contributed by atoms with Crippen molar-refractivity contribution in [3.63, 3.8) is 0 Å². The third kappa shape index (κ3) is 3.91. The Kier molecular flexibility index (Phi) is 5.63. The molecule has 0 aromatic heterocycles. The van der Waals surface area contributed by atoms with Crippen molar-refractivity contribution in [3.05, 3.63) is 64.9 Å². The molecule has 26 heavy (non-hydrogen) atoms. The van der Waals surface area contributed by atoms with Crippen LogP contribution in [0.25, 0.3) is 0 Å². The maximum atomic E-state index is 13.8. The van der Waals surface area contributed by atoms with Crippen molar-refractivity contribution >= 4 is 27.3 Å². The molecule has 0 radical (unpaired) electrons. The quantitative estimate of drug-likeness (QED) is 0.796. The summed E-state index contributed by atoms with van der Waals surface area (Å²) >= 11 is 5.97. The van der Waals surface area contributed by atoms with E-state index in [0.29, 0.717) is 30.8 Å². The molecule has 0 aliphatic carbocycles. The van der Waals surface area contributed by atoms with Gasteiger partial charge >= 0.3 is 0 Å². The molecule has 2 aromatic carbocycles. The molecule has 0 N–H and O–H groups in total. The van der Waals surface area contributed by atoms with E-state index in [4.69, 9.17) is 11.6 Å². The van der Waals surface area contributed by atoms with Gasteiger partial charge in [-0.05, 0) is 37.1 Å². The molecule has 1 aliphatic heterocycles. The summed E-state index contributed by atoms with van der Waals surface area (Å²) in [4.78, 5) is 14.3. The molecule has 0 bridgehead atoms. The van der Waals surface area contributed by atoms with E-state index in [0.717, 1.165) is 0 Å². The van der Waals surface area contributed by atoms with Gasteiger partial charge in [-0.2, -0.15) is 0 Å². The van der Waals surface area contributed by atoms with E-state index in [1.165, 1.54) is 12.1 Å². The fourth-order valence-electron chi connectivity index (χ4n) is 3.18. The Bertz CT molecular complexity index is 874. The van der Waals surface area contributed by atoms with Gasteiger partial charge in [-0.3, -0.25) is 4.79 Å². The Morgan fingerprint density at radius 1 is 1.08 bits per heavy atom. The lowest BCUT2D eigenvalue weighted by Gasteiger charge is -2.32. The molecule has 1 aliphatic rings. The third-order valence-corrected chi connectivity index (χ3v) is 7.33. The molecule has 0 saturated carbocycles. The Balaban J connectivity index is 1.64. The topological polar surface area (TPSA) is 54.5 Å². The van der Waals surface area contributed by atoms with Crippen molar-refractivity contribution < 1.29 is 17.6 Å². The van der Waals surface area contributed by atoms with Crippen molar-refractivity contribution in [2.75, 3.05) is 13.1 Å². The zero-order valence-corrected chi connectivity index (χ0v) is 15.6. The van der Waals surface area contributed by atoms with Crippen molar-refractivity contribution in [2.45, 2.75) is 29.4 Å². The van der Waals surface area contributed by atoms with Gasteiger partial charge in [-0.1, -0.05) is 35.9 Å². The molecule has 1 amide bonds. The summed E-state index contributed by atoms with van der Waals surface area (Å²) in [5.74, 6) is -0.750. The molecule has 138 valence electrons. The molecule has 3 rings (SSSR count). The summed E-state index contributed by atoms with van der Waals surface area (Å²) in [5, 5.41) is -0.286. The van der Waals surface area contributed by atoms with Crippen LogP contribution in [0.1, 0.15) is 18.4 Å². The second kappa shape index (κ2) is 7.76. The number of carbonyl (C=O) groups is 1. The van der Waals surface area contributed by atoms with Gasteiger partial charge in [0.25, 0.3) is 0 Å². The van der Waals surface area contributed by atoms with Crippen molar-refractivity contribution in [2.24, 2.45) is 0 Å². The lowest BCUT2D eigenvalue weighted by Crippen LogP contribution is -2.43. The first-order valence-electron chi connectivity index (χ1n) is 8.39. The van der Waals surface area contributed by atoms with Crippen LogP contribution in [0.2, 0.25) is 5.02 Å². The molecular weight excluding hydrogens is 377 g/mol. The predicted molar refractivity (Wildman–Crippen MR) is 98.3 cm³/mol. The highest BCUT2D eigenvalue weighted by molar-refractivity contribution is 7.92. The van der Waals surface area contributed by atoms with Gasteiger partial charge in [0.05, 0.1) is 16.6 Å². The Labute approximate surface area is 157 Å². The minimum absolute atomic E-state index is 0.123. The minimum Gasteiger partial charge on any atom is -0.342 e. The van der Waals surface area contributed by atoms with E-state index >= 15 is 0 Å². The summed E-state index contributed by atoms with van der Waals surface area (Å²) in [6.45, 7) is 0.670. The fraction of sp³-hybridized carbons (Fsp3) is 0.316. The fourth-order valence-corrected chi connectivity index (χ4v) is 5.17. The summed E-state index contributed by atoms with van der Waals surface area (Å²) in [6.07, 6.45) is 0.615. The largest absolute Gasteiger partial charge is 0.342 e. The van der Waals surface area contributed by atoms with Gasteiger partial charge in [-0.25, -0.2) is 12.8 Å². The molecule has 0 unspecified atom stereocenters. The van der Waals surface area contributed by atoms with Gasteiger partial charge < -0.3 is 4.90 Å². The molecule has 1 fully saturated rings. The van der Waals surface area contributed by atoms with Crippen LogP contribution in [0.4, 0.5) is 4.39 Å². The van der Waals surface area contributed by atoms with Gasteiger partial charge in [-0.15, -0.1) is 0 Å². The van der Waals surface area contributed by atoms with Gasteiger partial charge in [0.15, 0.2) is 9.84 Å². The second-order valence-corrected chi connectivity index (χ2v) is 8.95. The zero-order valence-electron chi connectivity index (χ0n) is 14.1. The van der Waals surface area contributed by atoms with Crippen LogP contribution in [0, 0.1) is 5.82 Å². The average Bonchev–Trinajstić information content (AvgIpc) is 2.65. The average molecular weight is 396 g/mol. The van der Waals surface area contributed by atoms with Crippen molar-refractivity contribution in [1.82, 2.24) is 4.90 Å². The van der Waals surface area contributed by atoms with E-state index in [1.54, 1.807) is 41.3 Å². The van der Waals surface area contributed by atoms with Crippen LogP contribution in [-0.4, -0.2) is 37.6 Å². The van der Waals surface area contributed by atoms with Gasteiger partial charge in [0.2, 0.25) is 5.91 Å². The Morgan fingerprint density at radius 2 is 1.73 bits per heavy atom. The highest BCUT2D eigenvalue weighted by Gasteiger charge is 2.32. The molecule has 7 heteroatoms. The summed E-state index contributed by atoms with van der Waals surface area (Å²) in [5.41, 5.74) is 0.179. The molecule has 0 atom stereocenters. The normalized spacial score (nSPS) is 15.8. The molecule has 0 spiro atoms. The number of benzene rings is 2. The van der Waals surface area contributed by atoms with E-state index in [-0.39, 0.29) is 22.9 Å². The number of piperidine rings is 1. The van der Waals surface area contributed by atoms with E-state index in [9.17, 15) is 17.6 Å². The van der Waals surface area contributed by atoms with Crippen molar-refractivity contribution in [1.29, 1.82) is 0 Å². The van der Waals surface area contributed by atoms with E-state index < -0.39 is 20.9 Å². The lowest BCUT2D eigenvalue weighted by molar-refractivity contribution is -0.131. The van der Waals surface area contributed by atoms with Gasteiger partial charge in [0, 0.05) is 23.7 Å². The zero-order chi connectivity index (χ0) is 18.7. The Morgan fingerprint density at radius 3 is 2.35 bits per heavy atom. The Hall–Kier alpha value is -1.92. The number of rotatable bonds is 4. The number of hydrogen-bond acceptors (Lipinski definition) is 3. The van der Waals surface area contributed by atoms with E-state index in [2.05, 4.69) is 0 Å². The van der Waals surface area contributed by atoms with Crippen LogP contribution in [0.3, 0.4) is 0 Å². The van der Waals surface area contributed by atoms with Crippen LogP contribution < -0.4 is 0 Å². The first-order chi connectivity index (χ1) is 12.4. The smallest absolute Gasteiger partial charge is 0.227 e. The monoisotopic (exact) mass is 395 g/mol. The predicted octanol–water partition coefficient (Wildman–Crippen LogP) is 3.49. The van der Waals surface area contributed by atoms with Crippen LogP contribution in [0.15, 0.2) is 53.4 Å². The first kappa shape index (κ1) is 18.9. The van der Waals surface area contributed by atoms with Crippen LogP contribution in [0.5, 0.6) is 0 Å². The summed E-state index contributed by atoms with van der Waals surface area (Å²) < 4.78 is 39.2. The number of hydrogen-bond donors (Lipinski definition) is 0. The van der Waals surface area contributed by atoms with Gasteiger partial charge in [0.1, 0.15) is 5.82 Å². The highest BCUT2D eigenvalue weighted by atomic mass is 35.5. The van der Waals surface area contributed by atoms with Crippen LogP contribution >= 0.6 is 11.6 Å². The first-order valence-corrected chi connectivity index (χ1v) is 10.3. The third-order valence-electron chi connectivity index (χ3n) is 4.69. The number of nitrogens with zero attached hydrogens (tertiary/aromatic N) is 1. The van der Waals surface area contributed by atoms with E-state index in [1.807, 2.05) is 0 Å². The molecule has 1 saturated heterocycles. The number of amides is 1. The number of carbonyl (C=O) groups excluding carboxylic acids is 1. The maximum Gasteiger partial charge on any atom is 0.227 e. The van der Waals surface area contributed by atoms with Crippen molar-refractivity contribution in [3.8, 4) is 0 Å². The minimum atomic E-state index is -3.40. The SMILES string of the molecule is O=C(Cc1c(F)cccc1Cl)N1CCC(S(=O)(=O)c2ccccc2)CC1. The maximum absolute atomic E-state index is 13.8. The molecular formula is C19H19ClFNO3S. The lowest BCUT2D eigenvalue weighted by atomic mass is 10.1. The standard InChI is InChI=1S/C19H19ClFNO3S/c20-17-7-4-8-18(21)16(17)13-19(23)22-11-9-15(10-12-22)26(24,25)14-5-2-1-3-6-14/h1-8,15H,9-13H2. The second-order valence-electron chi connectivity index (χ2n) is 6.32. The summed E-state index contributed by atoms with van der Waals surface area (Å²) in [7, 11) is -3.40. The molecule has 4 nitrogen and oxygen atoms in total. The number of halogens is 2. The van der Waals surface area contributed by atoms with Crippen LogP contribution in [-0.2, 0) is 21.1 Å². The molecule has 1 heterocycles. The summed E-state index contributed by atoms with van der Waals surface area (Å²) in [6, 6.07) is 12.7. The highest BCUT2D eigenvalue weighted by Crippen LogP contribution is 2.26. The molecule has 2 aromatic rings.